The van der Waals surface area contributed by atoms with Crippen LogP contribution in [-0.2, 0) is 11.2 Å². The van der Waals surface area contributed by atoms with Crippen LogP contribution in [0.15, 0.2) is 53.3 Å². The highest BCUT2D eigenvalue weighted by Gasteiger charge is 2.06. The average molecular weight is 315 g/mol. The lowest BCUT2D eigenvalue weighted by molar-refractivity contribution is -0.107. The molecule has 0 aliphatic rings. The SMILES string of the molecule is O=CCc1ccc2ncn(-c3cccc(Br)c3)c2c1. The van der Waals surface area contributed by atoms with E-state index in [4.69, 9.17) is 0 Å². The van der Waals surface area contributed by atoms with E-state index in [1.165, 1.54) is 0 Å². The average Bonchev–Trinajstić information content (AvgIpc) is 2.82. The lowest BCUT2D eigenvalue weighted by Gasteiger charge is -2.05. The van der Waals surface area contributed by atoms with Gasteiger partial charge in [-0.15, -0.1) is 0 Å². The maximum Gasteiger partial charge on any atom is 0.124 e. The number of benzene rings is 2. The number of imidazole rings is 1. The molecule has 0 saturated heterocycles. The van der Waals surface area contributed by atoms with Crippen LogP contribution in [-0.4, -0.2) is 15.8 Å². The lowest BCUT2D eigenvalue weighted by Crippen LogP contribution is -1.93. The molecule has 0 radical (unpaired) electrons. The van der Waals surface area contributed by atoms with Crippen molar-refractivity contribution in [2.45, 2.75) is 6.42 Å². The predicted molar refractivity (Wildman–Crippen MR) is 78.5 cm³/mol. The Labute approximate surface area is 119 Å². The number of aldehydes is 1. The zero-order valence-corrected chi connectivity index (χ0v) is 11.7. The number of hydrogen-bond acceptors (Lipinski definition) is 2. The number of hydrogen-bond donors (Lipinski definition) is 0. The fourth-order valence-corrected chi connectivity index (χ4v) is 2.50. The Morgan fingerprint density at radius 2 is 2.11 bits per heavy atom. The van der Waals surface area contributed by atoms with E-state index in [0.29, 0.717) is 6.42 Å². The third-order valence-corrected chi connectivity index (χ3v) is 3.51. The number of carbonyl (C=O) groups is 1. The molecule has 3 rings (SSSR count). The second-order valence-electron chi connectivity index (χ2n) is 4.29. The fourth-order valence-electron chi connectivity index (χ4n) is 2.11. The van der Waals surface area contributed by atoms with E-state index in [9.17, 15) is 4.79 Å². The van der Waals surface area contributed by atoms with Crippen LogP contribution in [0.1, 0.15) is 5.56 Å². The van der Waals surface area contributed by atoms with Crippen molar-refractivity contribution in [2.24, 2.45) is 0 Å². The highest BCUT2D eigenvalue weighted by molar-refractivity contribution is 9.10. The number of aromatic nitrogens is 2. The van der Waals surface area contributed by atoms with Crippen molar-refractivity contribution in [3.05, 3.63) is 58.8 Å². The molecule has 1 heterocycles. The molecule has 0 saturated carbocycles. The summed E-state index contributed by atoms with van der Waals surface area (Å²) in [4.78, 5) is 15.0. The summed E-state index contributed by atoms with van der Waals surface area (Å²) in [7, 11) is 0. The monoisotopic (exact) mass is 314 g/mol. The fraction of sp³-hybridized carbons (Fsp3) is 0.0667. The van der Waals surface area contributed by atoms with Crippen LogP contribution >= 0.6 is 15.9 Å². The van der Waals surface area contributed by atoms with Crippen molar-refractivity contribution in [3.8, 4) is 5.69 Å². The van der Waals surface area contributed by atoms with E-state index in [0.717, 1.165) is 33.0 Å². The summed E-state index contributed by atoms with van der Waals surface area (Å²) in [6, 6.07) is 13.9. The van der Waals surface area contributed by atoms with Crippen molar-refractivity contribution < 1.29 is 4.79 Å². The van der Waals surface area contributed by atoms with E-state index in [2.05, 4.69) is 20.9 Å². The van der Waals surface area contributed by atoms with Gasteiger partial charge in [0.15, 0.2) is 0 Å². The highest BCUT2D eigenvalue weighted by atomic mass is 79.9. The first-order valence-electron chi connectivity index (χ1n) is 5.93. The minimum atomic E-state index is 0.430. The first-order chi connectivity index (χ1) is 9.28. The van der Waals surface area contributed by atoms with Crippen molar-refractivity contribution >= 4 is 33.2 Å². The molecule has 0 amide bonds. The summed E-state index contributed by atoms with van der Waals surface area (Å²) in [6.45, 7) is 0. The van der Waals surface area contributed by atoms with Crippen LogP contribution in [0.4, 0.5) is 0 Å². The van der Waals surface area contributed by atoms with Crippen molar-refractivity contribution in [2.75, 3.05) is 0 Å². The molecular weight excluding hydrogens is 304 g/mol. The predicted octanol–water partition coefficient (Wildman–Crippen LogP) is 3.53. The molecule has 0 unspecified atom stereocenters. The molecule has 0 bridgehead atoms. The second kappa shape index (κ2) is 4.97. The molecule has 4 heteroatoms. The third-order valence-electron chi connectivity index (χ3n) is 3.02. The quantitative estimate of drug-likeness (QED) is 0.693. The Hall–Kier alpha value is -1.94. The highest BCUT2D eigenvalue weighted by Crippen LogP contribution is 2.22. The summed E-state index contributed by atoms with van der Waals surface area (Å²) in [5.74, 6) is 0. The summed E-state index contributed by atoms with van der Waals surface area (Å²) >= 11 is 3.47. The zero-order valence-electron chi connectivity index (χ0n) is 10.1. The van der Waals surface area contributed by atoms with E-state index in [1.54, 1.807) is 6.33 Å². The van der Waals surface area contributed by atoms with Gasteiger partial charge in [0.1, 0.15) is 12.6 Å². The van der Waals surface area contributed by atoms with Gasteiger partial charge >= 0.3 is 0 Å². The molecule has 0 fully saturated rings. The van der Waals surface area contributed by atoms with Crippen LogP contribution in [0.2, 0.25) is 0 Å². The number of rotatable bonds is 3. The molecule has 1 aromatic heterocycles. The van der Waals surface area contributed by atoms with Crippen LogP contribution in [0.5, 0.6) is 0 Å². The van der Waals surface area contributed by atoms with Gasteiger partial charge in [0.25, 0.3) is 0 Å². The van der Waals surface area contributed by atoms with Crippen LogP contribution in [0.25, 0.3) is 16.7 Å². The molecule has 0 atom stereocenters. The lowest BCUT2D eigenvalue weighted by atomic mass is 10.1. The van der Waals surface area contributed by atoms with Gasteiger partial charge in [-0.2, -0.15) is 0 Å². The zero-order chi connectivity index (χ0) is 13.2. The largest absolute Gasteiger partial charge is 0.303 e. The maximum atomic E-state index is 10.6. The van der Waals surface area contributed by atoms with Crippen LogP contribution < -0.4 is 0 Å². The van der Waals surface area contributed by atoms with Gasteiger partial charge in [-0.25, -0.2) is 4.98 Å². The topological polar surface area (TPSA) is 34.9 Å². The Morgan fingerprint density at radius 3 is 2.89 bits per heavy atom. The summed E-state index contributed by atoms with van der Waals surface area (Å²) < 4.78 is 3.05. The molecule has 19 heavy (non-hydrogen) atoms. The first kappa shape index (κ1) is 12.1. The minimum Gasteiger partial charge on any atom is -0.303 e. The summed E-state index contributed by atoms with van der Waals surface area (Å²) in [5, 5.41) is 0. The normalized spacial score (nSPS) is 10.8. The summed E-state index contributed by atoms with van der Waals surface area (Å²) in [6.07, 6.45) is 3.15. The molecule has 0 spiro atoms. The van der Waals surface area contributed by atoms with Gasteiger partial charge in [0.2, 0.25) is 0 Å². The van der Waals surface area contributed by atoms with Gasteiger partial charge in [-0.1, -0.05) is 28.1 Å². The smallest absolute Gasteiger partial charge is 0.124 e. The van der Waals surface area contributed by atoms with Gasteiger partial charge in [0.05, 0.1) is 11.0 Å². The van der Waals surface area contributed by atoms with Gasteiger partial charge < -0.3 is 4.79 Å². The van der Waals surface area contributed by atoms with Gasteiger partial charge in [-0.05, 0) is 35.9 Å². The molecule has 0 aliphatic carbocycles. The minimum absolute atomic E-state index is 0.430. The van der Waals surface area contributed by atoms with Crippen LogP contribution in [0, 0.1) is 0 Å². The molecule has 0 aliphatic heterocycles. The standard InChI is InChI=1S/C15H11BrN2O/c16-12-2-1-3-13(9-12)18-10-17-14-5-4-11(6-7-19)8-15(14)18/h1-5,7-10H,6H2. The van der Waals surface area contributed by atoms with E-state index < -0.39 is 0 Å². The first-order valence-corrected chi connectivity index (χ1v) is 6.73. The third kappa shape index (κ3) is 2.31. The molecule has 0 N–H and O–H groups in total. The number of fused-ring (bicyclic) bond motifs is 1. The number of halogens is 1. The molecule has 2 aromatic carbocycles. The van der Waals surface area contributed by atoms with E-state index >= 15 is 0 Å². The Kier molecular flexibility index (Phi) is 3.17. The Morgan fingerprint density at radius 1 is 1.21 bits per heavy atom. The molecule has 3 aromatic rings. The number of carbonyl (C=O) groups excluding carboxylic acids is 1. The van der Waals surface area contributed by atoms with Crippen molar-refractivity contribution in [3.63, 3.8) is 0 Å². The molecule has 3 nitrogen and oxygen atoms in total. The van der Waals surface area contributed by atoms with Crippen molar-refractivity contribution in [1.82, 2.24) is 9.55 Å². The molecular formula is C15H11BrN2O. The van der Waals surface area contributed by atoms with E-state index in [1.807, 2.05) is 47.0 Å². The molecule has 94 valence electrons. The Bertz CT molecular complexity index is 749. The number of nitrogens with zero attached hydrogens (tertiary/aromatic N) is 2. The van der Waals surface area contributed by atoms with E-state index in [-0.39, 0.29) is 0 Å². The van der Waals surface area contributed by atoms with Crippen molar-refractivity contribution in [1.29, 1.82) is 0 Å². The Balaban J connectivity index is 2.18. The van der Waals surface area contributed by atoms with Gasteiger partial charge in [0, 0.05) is 16.6 Å². The second-order valence-corrected chi connectivity index (χ2v) is 5.20. The maximum absolute atomic E-state index is 10.6. The van der Waals surface area contributed by atoms with Gasteiger partial charge in [-0.3, -0.25) is 4.57 Å². The van der Waals surface area contributed by atoms with Crippen LogP contribution in [0.3, 0.4) is 0 Å². The summed E-state index contributed by atoms with van der Waals surface area (Å²) in [5.41, 5.74) is 3.98.